The molecule has 0 saturated carbocycles. The van der Waals surface area contributed by atoms with Crippen LogP contribution in [0.15, 0.2) is 0 Å². The van der Waals surface area contributed by atoms with Crippen LogP contribution in [0.3, 0.4) is 0 Å². The van der Waals surface area contributed by atoms with Gasteiger partial charge in [0.1, 0.15) is 0 Å². The van der Waals surface area contributed by atoms with E-state index >= 15 is 0 Å². The molecule has 0 aromatic heterocycles. The van der Waals surface area contributed by atoms with Gasteiger partial charge >= 0.3 is 0 Å². The number of rotatable bonds is 6. The maximum atomic E-state index is 9.68. The predicted octanol–water partition coefficient (Wildman–Crippen LogP) is 1.16. The summed E-state index contributed by atoms with van der Waals surface area (Å²) in [6.07, 6.45) is 3.09. The van der Waals surface area contributed by atoms with E-state index in [1.807, 2.05) is 0 Å². The van der Waals surface area contributed by atoms with E-state index in [1.54, 1.807) is 0 Å². The molecule has 3 heteroatoms. The zero-order valence-electron chi connectivity index (χ0n) is 9.33. The molecule has 1 fully saturated rings. The molecule has 2 unspecified atom stereocenters. The van der Waals surface area contributed by atoms with E-state index in [9.17, 15) is 5.11 Å². The van der Waals surface area contributed by atoms with Crippen LogP contribution >= 0.6 is 0 Å². The molecule has 0 radical (unpaired) electrons. The largest absolute Gasteiger partial charge is 0.392 e. The summed E-state index contributed by atoms with van der Waals surface area (Å²) in [6.45, 7) is 6.87. The fraction of sp³-hybridized carbons (Fsp3) is 1.00. The minimum atomic E-state index is -0.253. The molecule has 1 heterocycles. The van der Waals surface area contributed by atoms with Gasteiger partial charge in [0.15, 0.2) is 0 Å². The van der Waals surface area contributed by atoms with Crippen molar-refractivity contribution in [2.45, 2.75) is 45.3 Å². The Hall–Kier alpha value is -0.120. The summed E-state index contributed by atoms with van der Waals surface area (Å²) >= 11 is 0. The van der Waals surface area contributed by atoms with E-state index in [2.05, 4.69) is 19.2 Å². The van der Waals surface area contributed by atoms with E-state index < -0.39 is 0 Å². The second-order valence-corrected chi connectivity index (χ2v) is 4.58. The van der Waals surface area contributed by atoms with Gasteiger partial charge in [-0.2, -0.15) is 0 Å². The number of ether oxygens (including phenoxy) is 1. The third-order valence-electron chi connectivity index (χ3n) is 2.49. The lowest BCUT2D eigenvalue weighted by atomic mass is 10.1. The molecule has 0 bridgehead atoms. The van der Waals surface area contributed by atoms with Crippen LogP contribution in [0, 0.1) is 5.92 Å². The standard InChI is InChI=1S/C11H23NO2/c1-9(2)7-12-8-10(13)6-11-4-3-5-14-11/h9-13H,3-8H2,1-2H3. The van der Waals surface area contributed by atoms with Gasteiger partial charge in [0.25, 0.3) is 0 Å². The first kappa shape index (κ1) is 12.0. The molecule has 1 saturated heterocycles. The molecule has 0 spiro atoms. The van der Waals surface area contributed by atoms with Crippen molar-refractivity contribution in [2.24, 2.45) is 5.92 Å². The normalized spacial score (nSPS) is 24.4. The Morgan fingerprint density at radius 1 is 1.43 bits per heavy atom. The summed E-state index contributed by atoms with van der Waals surface area (Å²) in [7, 11) is 0. The van der Waals surface area contributed by atoms with Crippen molar-refractivity contribution >= 4 is 0 Å². The lowest BCUT2D eigenvalue weighted by Crippen LogP contribution is -2.31. The van der Waals surface area contributed by atoms with Gasteiger partial charge in [-0.15, -0.1) is 0 Å². The lowest BCUT2D eigenvalue weighted by Gasteiger charge is -2.16. The molecule has 0 aliphatic carbocycles. The van der Waals surface area contributed by atoms with Gasteiger partial charge in [0.05, 0.1) is 12.2 Å². The maximum Gasteiger partial charge on any atom is 0.0689 e. The van der Waals surface area contributed by atoms with Crippen molar-refractivity contribution < 1.29 is 9.84 Å². The van der Waals surface area contributed by atoms with E-state index in [0.29, 0.717) is 18.6 Å². The van der Waals surface area contributed by atoms with E-state index in [0.717, 1.165) is 32.4 Å². The molecule has 2 atom stereocenters. The Morgan fingerprint density at radius 2 is 2.21 bits per heavy atom. The van der Waals surface area contributed by atoms with Gasteiger partial charge < -0.3 is 15.2 Å². The Balaban J connectivity index is 2.00. The van der Waals surface area contributed by atoms with E-state index in [4.69, 9.17) is 4.74 Å². The fourth-order valence-electron chi connectivity index (χ4n) is 1.76. The second-order valence-electron chi connectivity index (χ2n) is 4.58. The van der Waals surface area contributed by atoms with Crippen LogP contribution in [-0.2, 0) is 4.74 Å². The highest BCUT2D eigenvalue weighted by Gasteiger charge is 2.18. The predicted molar refractivity (Wildman–Crippen MR) is 57.3 cm³/mol. The van der Waals surface area contributed by atoms with Crippen molar-refractivity contribution in [1.29, 1.82) is 0 Å². The summed E-state index contributed by atoms with van der Waals surface area (Å²) < 4.78 is 5.46. The molecule has 1 aliphatic rings. The molecule has 0 amide bonds. The third-order valence-corrected chi connectivity index (χ3v) is 2.49. The highest BCUT2D eigenvalue weighted by atomic mass is 16.5. The number of hydrogen-bond acceptors (Lipinski definition) is 3. The monoisotopic (exact) mass is 201 g/mol. The quantitative estimate of drug-likeness (QED) is 0.677. The molecule has 3 nitrogen and oxygen atoms in total. The van der Waals surface area contributed by atoms with Crippen LogP contribution in [0.5, 0.6) is 0 Å². The van der Waals surface area contributed by atoms with Crippen molar-refractivity contribution in [3.8, 4) is 0 Å². The molecule has 1 rings (SSSR count). The zero-order valence-corrected chi connectivity index (χ0v) is 9.33. The first-order valence-electron chi connectivity index (χ1n) is 5.69. The molecular weight excluding hydrogens is 178 g/mol. The van der Waals surface area contributed by atoms with Gasteiger partial charge in [0, 0.05) is 19.6 Å². The van der Waals surface area contributed by atoms with Crippen molar-refractivity contribution in [3.63, 3.8) is 0 Å². The molecule has 2 N–H and O–H groups in total. The summed E-state index contributed by atoms with van der Waals surface area (Å²) in [5.41, 5.74) is 0. The average Bonchev–Trinajstić information content (AvgIpc) is 2.56. The smallest absolute Gasteiger partial charge is 0.0689 e. The van der Waals surface area contributed by atoms with Gasteiger partial charge in [-0.3, -0.25) is 0 Å². The van der Waals surface area contributed by atoms with E-state index in [1.165, 1.54) is 0 Å². The highest BCUT2D eigenvalue weighted by Crippen LogP contribution is 2.16. The van der Waals surface area contributed by atoms with Gasteiger partial charge in [-0.05, 0) is 25.3 Å². The molecule has 1 aliphatic heterocycles. The van der Waals surface area contributed by atoms with Crippen LogP contribution in [-0.4, -0.2) is 37.0 Å². The number of aliphatic hydroxyl groups excluding tert-OH is 1. The summed E-state index contributed by atoms with van der Waals surface area (Å²) in [6, 6.07) is 0. The van der Waals surface area contributed by atoms with Crippen molar-refractivity contribution in [1.82, 2.24) is 5.32 Å². The third kappa shape index (κ3) is 4.94. The molecule has 0 aromatic rings. The fourth-order valence-corrected chi connectivity index (χ4v) is 1.76. The average molecular weight is 201 g/mol. The summed E-state index contributed by atoms with van der Waals surface area (Å²) in [4.78, 5) is 0. The Labute approximate surface area is 86.8 Å². The Kier molecular flexibility index (Phi) is 5.45. The van der Waals surface area contributed by atoms with Crippen LogP contribution < -0.4 is 5.32 Å². The van der Waals surface area contributed by atoms with Crippen LogP contribution in [0.1, 0.15) is 33.1 Å². The van der Waals surface area contributed by atoms with Crippen LogP contribution in [0.2, 0.25) is 0 Å². The molecular formula is C11H23NO2. The first-order valence-corrected chi connectivity index (χ1v) is 5.69. The highest BCUT2D eigenvalue weighted by molar-refractivity contribution is 4.71. The zero-order chi connectivity index (χ0) is 10.4. The second kappa shape index (κ2) is 6.38. The molecule has 14 heavy (non-hydrogen) atoms. The Bertz CT molecular complexity index is 144. The van der Waals surface area contributed by atoms with Crippen molar-refractivity contribution in [3.05, 3.63) is 0 Å². The Morgan fingerprint density at radius 3 is 2.79 bits per heavy atom. The summed E-state index contributed by atoms with van der Waals surface area (Å²) in [5, 5.41) is 12.9. The number of aliphatic hydroxyl groups is 1. The van der Waals surface area contributed by atoms with Gasteiger partial charge in [0.2, 0.25) is 0 Å². The van der Waals surface area contributed by atoms with Crippen molar-refractivity contribution in [2.75, 3.05) is 19.7 Å². The van der Waals surface area contributed by atoms with Gasteiger partial charge in [-0.25, -0.2) is 0 Å². The molecule has 84 valence electrons. The maximum absolute atomic E-state index is 9.68. The van der Waals surface area contributed by atoms with Crippen LogP contribution in [0.4, 0.5) is 0 Å². The van der Waals surface area contributed by atoms with Gasteiger partial charge in [-0.1, -0.05) is 13.8 Å². The minimum Gasteiger partial charge on any atom is -0.392 e. The summed E-state index contributed by atoms with van der Waals surface area (Å²) in [5.74, 6) is 0.643. The topological polar surface area (TPSA) is 41.5 Å². The number of nitrogens with one attached hydrogen (secondary N) is 1. The lowest BCUT2D eigenvalue weighted by molar-refractivity contribution is 0.0537. The SMILES string of the molecule is CC(C)CNCC(O)CC1CCCO1. The molecule has 0 aromatic carbocycles. The minimum absolute atomic E-state index is 0.253. The van der Waals surface area contributed by atoms with E-state index in [-0.39, 0.29) is 6.10 Å². The van der Waals surface area contributed by atoms with Crippen LogP contribution in [0.25, 0.3) is 0 Å². The number of hydrogen-bond donors (Lipinski definition) is 2. The first-order chi connectivity index (χ1) is 6.68.